The fourth-order valence-electron chi connectivity index (χ4n) is 3.44. The van der Waals surface area contributed by atoms with Crippen molar-refractivity contribution in [3.05, 3.63) is 92.5 Å². The van der Waals surface area contributed by atoms with Crippen molar-refractivity contribution in [1.82, 2.24) is 14.7 Å². The maximum absolute atomic E-state index is 13.7. The van der Waals surface area contributed by atoms with Crippen LogP contribution in [0.25, 0.3) is 10.8 Å². The molecule has 6 nitrogen and oxygen atoms in total. The Morgan fingerprint density at radius 1 is 1.03 bits per heavy atom. The van der Waals surface area contributed by atoms with E-state index in [0.717, 1.165) is 16.2 Å². The molecule has 0 radical (unpaired) electrons. The van der Waals surface area contributed by atoms with E-state index < -0.39 is 0 Å². The summed E-state index contributed by atoms with van der Waals surface area (Å²) in [6.45, 7) is 0.799. The molecule has 0 saturated carbocycles. The molecule has 0 unspecified atom stereocenters. The minimum Gasteiger partial charge on any atom is -0.496 e. The highest BCUT2D eigenvalue weighted by atomic mass is 32.1. The van der Waals surface area contributed by atoms with Crippen LogP contribution in [0.5, 0.6) is 5.75 Å². The lowest BCUT2D eigenvalue weighted by atomic mass is 10.1. The van der Waals surface area contributed by atoms with E-state index in [0.29, 0.717) is 23.9 Å². The van der Waals surface area contributed by atoms with E-state index in [9.17, 15) is 9.59 Å². The molecule has 0 aliphatic carbocycles. The largest absolute Gasteiger partial charge is 0.496 e. The van der Waals surface area contributed by atoms with Gasteiger partial charge in [-0.25, -0.2) is 4.68 Å². The first kappa shape index (κ1) is 19.8. The van der Waals surface area contributed by atoms with Crippen molar-refractivity contribution in [2.75, 3.05) is 7.11 Å². The van der Waals surface area contributed by atoms with Gasteiger partial charge in [-0.15, -0.1) is 11.3 Å². The maximum Gasteiger partial charge on any atom is 0.275 e. The van der Waals surface area contributed by atoms with Crippen LogP contribution in [0.4, 0.5) is 0 Å². The smallest absolute Gasteiger partial charge is 0.275 e. The van der Waals surface area contributed by atoms with Crippen LogP contribution in [0.3, 0.4) is 0 Å². The number of thiophene rings is 1. The third-order valence-corrected chi connectivity index (χ3v) is 5.79. The zero-order valence-corrected chi connectivity index (χ0v) is 17.6. The highest BCUT2D eigenvalue weighted by Crippen LogP contribution is 2.24. The van der Waals surface area contributed by atoms with Gasteiger partial charge in [0.15, 0.2) is 5.69 Å². The molecule has 0 bridgehead atoms. The number of nitrogens with zero attached hydrogens (tertiary/aromatic N) is 3. The summed E-state index contributed by atoms with van der Waals surface area (Å²) < 4.78 is 6.70. The van der Waals surface area contributed by atoms with Gasteiger partial charge in [-0.1, -0.05) is 42.5 Å². The second-order valence-electron chi connectivity index (χ2n) is 6.88. The lowest BCUT2D eigenvalue weighted by molar-refractivity contribution is 0.0724. The van der Waals surface area contributed by atoms with Gasteiger partial charge < -0.3 is 9.64 Å². The van der Waals surface area contributed by atoms with Gasteiger partial charge in [0, 0.05) is 22.9 Å². The molecule has 152 valence electrons. The number of aryl methyl sites for hydroxylation is 1. The number of methoxy groups -OCH3 is 1. The number of ether oxygens (including phenoxy) is 1. The molecule has 1 amide bonds. The Morgan fingerprint density at radius 2 is 1.77 bits per heavy atom. The first-order chi connectivity index (χ1) is 14.6. The molecule has 7 heteroatoms. The summed E-state index contributed by atoms with van der Waals surface area (Å²) in [6.07, 6.45) is 0. The van der Waals surface area contributed by atoms with Gasteiger partial charge in [0.05, 0.1) is 25.6 Å². The van der Waals surface area contributed by atoms with Crippen LogP contribution < -0.4 is 10.3 Å². The molecule has 2 aromatic carbocycles. The molecule has 4 rings (SSSR count). The molecule has 4 aromatic rings. The van der Waals surface area contributed by atoms with Gasteiger partial charge in [0.1, 0.15) is 5.75 Å². The monoisotopic (exact) mass is 419 g/mol. The predicted molar refractivity (Wildman–Crippen MR) is 118 cm³/mol. The second kappa shape index (κ2) is 8.51. The summed E-state index contributed by atoms with van der Waals surface area (Å²) in [6, 6.07) is 18.7. The van der Waals surface area contributed by atoms with E-state index in [1.807, 2.05) is 47.8 Å². The van der Waals surface area contributed by atoms with Crippen molar-refractivity contribution in [3.63, 3.8) is 0 Å². The number of hydrogen-bond acceptors (Lipinski definition) is 5. The standard InChI is InChI=1S/C23H21N3O3S/c1-25-22(27)19-11-5-4-10-18(19)21(24-25)23(28)26(15-17-9-7-13-30-17)14-16-8-3-6-12-20(16)29-2/h3-13H,14-15H2,1-2H3. The molecular formula is C23H21N3O3S. The van der Waals surface area contributed by atoms with Crippen molar-refractivity contribution in [2.24, 2.45) is 7.05 Å². The average molecular weight is 420 g/mol. The predicted octanol–water partition coefficient (Wildman–Crippen LogP) is 3.85. The minimum atomic E-state index is -0.235. The Kier molecular flexibility index (Phi) is 5.63. The Balaban J connectivity index is 1.79. The topological polar surface area (TPSA) is 64.4 Å². The zero-order valence-electron chi connectivity index (χ0n) is 16.7. The third kappa shape index (κ3) is 3.84. The number of fused-ring (bicyclic) bond motifs is 1. The Bertz CT molecular complexity index is 1250. The summed E-state index contributed by atoms with van der Waals surface area (Å²) in [4.78, 5) is 28.9. The summed E-state index contributed by atoms with van der Waals surface area (Å²) in [7, 11) is 3.18. The summed E-state index contributed by atoms with van der Waals surface area (Å²) in [5.41, 5.74) is 0.940. The van der Waals surface area contributed by atoms with E-state index in [2.05, 4.69) is 5.10 Å². The van der Waals surface area contributed by atoms with Crippen molar-refractivity contribution >= 4 is 28.0 Å². The van der Waals surface area contributed by atoms with E-state index >= 15 is 0 Å². The van der Waals surface area contributed by atoms with Crippen LogP contribution >= 0.6 is 11.3 Å². The Hall–Kier alpha value is -3.45. The number of amides is 1. The second-order valence-corrected chi connectivity index (χ2v) is 7.91. The molecule has 0 aliphatic rings. The van der Waals surface area contributed by atoms with Gasteiger partial charge in [0.2, 0.25) is 0 Å². The van der Waals surface area contributed by atoms with Gasteiger partial charge in [0.25, 0.3) is 11.5 Å². The average Bonchev–Trinajstić information content (AvgIpc) is 3.29. The number of rotatable bonds is 6. The molecule has 0 N–H and O–H groups in total. The van der Waals surface area contributed by atoms with Crippen molar-refractivity contribution in [2.45, 2.75) is 13.1 Å². The van der Waals surface area contributed by atoms with Crippen LogP contribution in [0, 0.1) is 0 Å². The van der Waals surface area contributed by atoms with Crippen molar-refractivity contribution in [3.8, 4) is 5.75 Å². The van der Waals surface area contributed by atoms with Crippen LogP contribution in [-0.2, 0) is 20.1 Å². The number of aromatic nitrogens is 2. The van der Waals surface area contributed by atoms with E-state index in [1.165, 1.54) is 4.68 Å². The SMILES string of the molecule is COc1ccccc1CN(Cc1cccs1)C(=O)c1nn(C)c(=O)c2ccccc12. The first-order valence-corrected chi connectivity index (χ1v) is 10.4. The number of carbonyl (C=O) groups is 1. The number of benzene rings is 2. The first-order valence-electron chi connectivity index (χ1n) is 9.48. The molecule has 2 heterocycles. The quantitative estimate of drug-likeness (QED) is 0.476. The van der Waals surface area contributed by atoms with Gasteiger partial charge in [-0.3, -0.25) is 9.59 Å². The number of hydrogen-bond donors (Lipinski definition) is 0. The summed E-state index contributed by atoms with van der Waals surface area (Å²) in [5.74, 6) is 0.487. The third-order valence-electron chi connectivity index (χ3n) is 4.93. The molecule has 0 spiro atoms. The number of para-hydroxylation sites is 1. The Morgan fingerprint density at radius 3 is 2.50 bits per heavy atom. The molecule has 30 heavy (non-hydrogen) atoms. The molecular weight excluding hydrogens is 398 g/mol. The molecule has 0 saturated heterocycles. The van der Waals surface area contributed by atoms with E-state index in [4.69, 9.17) is 4.74 Å². The molecule has 2 aromatic heterocycles. The fourth-order valence-corrected chi connectivity index (χ4v) is 4.16. The van der Waals surface area contributed by atoms with Crippen LogP contribution in [0.15, 0.2) is 70.8 Å². The highest BCUT2D eigenvalue weighted by Gasteiger charge is 2.23. The summed E-state index contributed by atoms with van der Waals surface area (Å²) >= 11 is 1.59. The van der Waals surface area contributed by atoms with E-state index in [1.54, 1.807) is 48.6 Å². The van der Waals surface area contributed by atoms with Crippen LogP contribution in [0.2, 0.25) is 0 Å². The lowest BCUT2D eigenvalue weighted by Crippen LogP contribution is -2.33. The highest BCUT2D eigenvalue weighted by molar-refractivity contribution is 7.09. The summed E-state index contributed by atoms with van der Waals surface area (Å²) in [5, 5.41) is 7.34. The van der Waals surface area contributed by atoms with Gasteiger partial charge >= 0.3 is 0 Å². The van der Waals surface area contributed by atoms with Gasteiger partial charge in [-0.05, 0) is 23.6 Å². The molecule has 0 atom stereocenters. The van der Waals surface area contributed by atoms with E-state index in [-0.39, 0.29) is 17.2 Å². The van der Waals surface area contributed by atoms with Gasteiger partial charge in [-0.2, -0.15) is 5.10 Å². The molecule has 0 fully saturated rings. The zero-order chi connectivity index (χ0) is 21.1. The van der Waals surface area contributed by atoms with Crippen LogP contribution in [0.1, 0.15) is 20.9 Å². The lowest BCUT2D eigenvalue weighted by Gasteiger charge is -2.23. The maximum atomic E-state index is 13.7. The fraction of sp³-hybridized carbons (Fsp3) is 0.174. The normalized spacial score (nSPS) is 10.9. The molecule has 0 aliphatic heterocycles. The van der Waals surface area contributed by atoms with Crippen LogP contribution in [-0.4, -0.2) is 27.7 Å². The van der Waals surface area contributed by atoms with Crippen molar-refractivity contribution < 1.29 is 9.53 Å². The van der Waals surface area contributed by atoms with Crippen molar-refractivity contribution in [1.29, 1.82) is 0 Å². The minimum absolute atomic E-state index is 0.225. The Labute approximate surface area is 178 Å². The number of carbonyl (C=O) groups excluding carboxylic acids is 1.